The Bertz CT molecular complexity index is 1070. The number of benzene rings is 2. The zero-order valence-electron chi connectivity index (χ0n) is 16.1. The van der Waals surface area contributed by atoms with E-state index in [1.807, 2.05) is 6.07 Å². The molecule has 1 N–H and O–H groups in total. The third kappa shape index (κ3) is 4.29. The lowest BCUT2D eigenvalue weighted by Crippen LogP contribution is -2.25. The van der Waals surface area contributed by atoms with E-state index in [1.54, 1.807) is 54.7 Å². The molecule has 30 heavy (non-hydrogen) atoms. The van der Waals surface area contributed by atoms with Crippen LogP contribution in [0.1, 0.15) is 27.9 Å². The molecule has 0 radical (unpaired) electrons. The third-order valence-electron chi connectivity index (χ3n) is 5.12. The quantitative estimate of drug-likeness (QED) is 0.557. The molecule has 1 aliphatic heterocycles. The van der Waals surface area contributed by atoms with Crippen LogP contribution >= 0.6 is 23.2 Å². The number of nitrogens with zero attached hydrogens (tertiary/aromatic N) is 2. The molecule has 1 aromatic heterocycles. The maximum Gasteiger partial charge on any atom is 0.232 e. The van der Waals surface area contributed by atoms with Crippen molar-refractivity contribution in [3.05, 3.63) is 87.5 Å². The zero-order chi connectivity index (χ0) is 21.1. The van der Waals surface area contributed by atoms with E-state index >= 15 is 0 Å². The van der Waals surface area contributed by atoms with Crippen LogP contribution in [0.25, 0.3) is 0 Å². The van der Waals surface area contributed by atoms with Crippen LogP contribution in [0.3, 0.4) is 0 Å². The van der Waals surface area contributed by atoms with Gasteiger partial charge in [-0.2, -0.15) is 0 Å². The first kappa shape index (κ1) is 20.7. The maximum absolute atomic E-state index is 12.8. The van der Waals surface area contributed by atoms with Crippen molar-refractivity contribution in [2.75, 3.05) is 18.0 Å². The van der Waals surface area contributed by atoms with Gasteiger partial charge in [0.15, 0.2) is 5.78 Å². The van der Waals surface area contributed by atoms with Crippen molar-refractivity contribution >= 4 is 34.7 Å². The predicted molar refractivity (Wildman–Crippen MR) is 118 cm³/mol. The van der Waals surface area contributed by atoms with E-state index in [0.717, 1.165) is 18.7 Å². The summed E-state index contributed by atoms with van der Waals surface area (Å²) in [5, 5.41) is 10.8. The summed E-state index contributed by atoms with van der Waals surface area (Å²) in [6.07, 6.45) is 2.39. The Morgan fingerprint density at radius 2 is 1.93 bits per heavy atom. The number of hydrogen-bond acceptors (Lipinski definition) is 5. The van der Waals surface area contributed by atoms with Crippen molar-refractivity contribution in [3.8, 4) is 5.88 Å². The summed E-state index contributed by atoms with van der Waals surface area (Å²) in [4.78, 5) is 19.2. The molecule has 1 unspecified atom stereocenters. The highest BCUT2D eigenvalue weighted by Crippen LogP contribution is 2.30. The highest BCUT2D eigenvalue weighted by Gasteiger charge is 2.27. The van der Waals surface area contributed by atoms with Crippen molar-refractivity contribution in [2.24, 2.45) is 0 Å². The van der Waals surface area contributed by atoms with Crippen LogP contribution in [0.15, 0.2) is 60.8 Å². The molecule has 2 heterocycles. The number of aliphatic hydroxyl groups is 1. The van der Waals surface area contributed by atoms with Crippen LogP contribution in [0, 0.1) is 0 Å². The molecule has 1 fully saturated rings. The molecule has 0 aliphatic carbocycles. The van der Waals surface area contributed by atoms with Crippen molar-refractivity contribution in [3.63, 3.8) is 0 Å². The van der Waals surface area contributed by atoms with Gasteiger partial charge in [0.25, 0.3) is 0 Å². The summed E-state index contributed by atoms with van der Waals surface area (Å²) in [7, 11) is 0. The van der Waals surface area contributed by atoms with E-state index in [0.29, 0.717) is 39.2 Å². The average Bonchev–Trinajstić information content (AvgIpc) is 3.23. The molecule has 1 aliphatic rings. The van der Waals surface area contributed by atoms with Gasteiger partial charge in [-0.1, -0.05) is 35.3 Å². The van der Waals surface area contributed by atoms with Crippen molar-refractivity contribution in [1.29, 1.82) is 0 Å². The van der Waals surface area contributed by atoms with E-state index in [-0.39, 0.29) is 18.5 Å². The van der Waals surface area contributed by atoms with Crippen LogP contribution in [0.2, 0.25) is 10.0 Å². The molecule has 0 amide bonds. The Hall–Kier alpha value is -2.60. The number of ketones is 1. The van der Waals surface area contributed by atoms with Gasteiger partial charge in [-0.15, -0.1) is 0 Å². The Morgan fingerprint density at radius 1 is 1.13 bits per heavy atom. The van der Waals surface area contributed by atoms with E-state index < -0.39 is 0 Å². The van der Waals surface area contributed by atoms with Gasteiger partial charge >= 0.3 is 0 Å². The van der Waals surface area contributed by atoms with Gasteiger partial charge < -0.3 is 14.7 Å². The van der Waals surface area contributed by atoms with E-state index in [1.165, 1.54) is 0 Å². The second kappa shape index (κ2) is 9.04. The lowest BCUT2D eigenvalue weighted by molar-refractivity contribution is 0.103. The second-order valence-corrected chi connectivity index (χ2v) is 7.89. The number of rotatable bonds is 6. The van der Waals surface area contributed by atoms with E-state index in [9.17, 15) is 9.90 Å². The Morgan fingerprint density at radius 3 is 2.70 bits per heavy atom. The molecule has 3 aromatic rings. The third-order valence-corrected chi connectivity index (χ3v) is 5.74. The minimum Gasteiger partial charge on any atom is -0.471 e. The average molecular weight is 443 g/mol. The Balaban J connectivity index is 1.52. The van der Waals surface area contributed by atoms with E-state index in [2.05, 4.69) is 9.88 Å². The minimum atomic E-state index is -0.174. The molecule has 0 bridgehead atoms. The molecule has 0 spiro atoms. The van der Waals surface area contributed by atoms with Crippen LogP contribution < -0.4 is 9.64 Å². The van der Waals surface area contributed by atoms with Gasteiger partial charge in [-0.3, -0.25) is 4.79 Å². The van der Waals surface area contributed by atoms with Crippen molar-refractivity contribution in [1.82, 2.24) is 4.98 Å². The number of pyridine rings is 1. The number of carbonyl (C=O) groups is 1. The minimum absolute atomic E-state index is 0.0617. The number of hydrogen-bond donors (Lipinski definition) is 1. The first-order valence-corrected chi connectivity index (χ1v) is 10.4. The van der Waals surface area contributed by atoms with Crippen LogP contribution in [-0.2, 0) is 6.61 Å². The van der Waals surface area contributed by atoms with Crippen molar-refractivity contribution < 1.29 is 14.6 Å². The summed E-state index contributed by atoms with van der Waals surface area (Å²) in [6, 6.07) is 15.8. The first-order chi connectivity index (χ1) is 14.6. The summed E-state index contributed by atoms with van der Waals surface area (Å²) in [5.74, 6) is 0.253. The summed E-state index contributed by atoms with van der Waals surface area (Å²) >= 11 is 12.3. The maximum atomic E-state index is 12.8. The fourth-order valence-electron chi connectivity index (χ4n) is 3.62. The molecule has 0 saturated carbocycles. The van der Waals surface area contributed by atoms with Crippen LogP contribution in [0.4, 0.5) is 5.69 Å². The van der Waals surface area contributed by atoms with Gasteiger partial charge in [0.2, 0.25) is 5.88 Å². The fourth-order valence-corrected chi connectivity index (χ4v) is 4.01. The largest absolute Gasteiger partial charge is 0.471 e. The molecular formula is C23H20Cl2N2O3. The van der Waals surface area contributed by atoms with Crippen molar-refractivity contribution in [2.45, 2.75) is 19.1 Å². The Labute approximate surface area is 184 Å². The number of aromatic nitrogens is 1. The van der Waals surface area contributed by atoms with Gasteiger partial charge in [0.05, 0.1) is 18.2 Å². The van der Waals surface area contributed by atoms with E-state index in [4.69, 9.17) is 27.9 Å². The SMILES string of the molecule is O=C(c1ccc(N2CCC(Oc3ncccc3Cl)C2)c(CO)c1)c1ccccc1Cl. The topological polar surface area (TPSA) is 62.7 Å². The molecule has 5 nitrogen and oxygen atoms in total. The normalized spacial score (nSPS) is 16.0. The first-order valence-electron chi connectivity index (χ1n) is 9.62. The lowest BCUT2D eigenvalue weighted by atomic mass is 10.00. The molecule has 7 heteroatoms. The number of anilines is 1. The van der Waals surface area contributed by atoms with Gasteiger partial charge in [0.1, 0.15) is 11.1 Å². The Kier molecular flexibility index (Phi) is 6.23. The summed E-state index contributed by atoms with van der Waals surface area (Å²) in [5.41, 5.74) is 2.50. The molecule has 154 valence electrons. The van der Waals surface area contributed by atoms with Gasteiger partial charge in [-0.25, -0.2) is 4.98 Å². The molecular weight excluding hydrogens is 423 g/mol. The van der Waals surface area contributed by atoms with Gasteiger partial charge in [-0.05, 0) is 42.5 Å². The zero-order valence-corrected chi connectivity index (χ0v) is 17.6. The van der Waals surface area contributed by atoms with Gasteiger partial charge in [0, 0.05) is 41.5 Å². The van der Waals surface area contributed by atoms with Crippen LogP contribution in [0.5, 0.6) is 5.88 Å². The molecule has 1 atom stereocenters. The molecule has 1 saturated heterocycles. The monoisotopic (exact) mass is 442 g/mol. The highest BCUT2D eigenvalue weighted by molar-refractivity contribution is 6.35. The van der Waals surface area contributed by atoms with Crippen LogP contribution in [-0.4, -0.2) is 35.1 Å². The number of halogens is 2. The predicted octanol–water partition coefficient (Wildman–Crippen LogP) is 4.77. The number of ether oxygens (including phenoxy) is 1. The number of carbonyl (C=O) groups excluding carboxylic acids is 1. The summed E-state index contributed by atoms with van der Waals surface area (Å²) < 4.78 is 5.95. The smallest absolute Gasteiger partial charge is 0.232 e. The summed E-state index contributed by atoms with van der Waals surface area (Å²) in [6.45, 7) is 1.23. The second-order valence-electron chi connectivity index (χ2n) is 7.08. The lowest BCUT2D eigenvalue weighted by Gasteiger charge is -2.22. The standard InChI is InChI=1S/C23H20Cl2N2O3/c24-19-5-2-1-4-18(19)22(29)15-7-8-21(16(12-15)14-28)27-11-9-17(13-27)30-23-20(25)6-3-10-26-23/h1-8,10,12,17,28H,9,11,13-14H2. The number of aliphatic hydroxyl groups excluding tert-OH is 1. The molecule has 2 aromatic carbocycles. The highest BCUT2D eigenvalue weighted by atomic mass is 35.5. The fraction of sp³-hybridized carbons (Fsp3) is 0.217. The molecule has 4 rings (SSSR count).